The lowest BCUT2D eigenvalue weighted by atomic mass is 10.1. The third kappa shape index (κ3) is 4.55. The molecule has 0 aromatic carbocycles. The lowest BCUT2D eigenvalue weighted by Crippen LogP contribution is -2.31. The number of hydrogen-bond donors (Lipinski definition) is 3. The van der Waals surface area contributed by atoms with Crippen LogP contribution in [0.5, 0.6) is 0 Å². The van der Waals surface area contributed by atoms with Crippen LogP contribution in [0.2, 0.25) is 0 Å². The molecule has 0 aliphatic heterocycles. The number of aromatic nitrogens is 1. The second-order valence-corrected chi connectivity index (χ2v) is 3.93. The Morgan fingerprint density at radius 1 is 1.58 bits per heavy atom. The summed E-state index contributed by atoms with van der Waals surface area (Å²) in [6, 6.07) is 2.21. The molecule has 4 N–H and O–H groups in total. The summed E-state index contributed by atoms with van der Waals surface area (Å²) < 4.78 is 4.87. The van der Waals surface area contributed by atoms with Gasteiger partial charge in [-0.3, -0.25) is 4.79 Å². The highest BCUT2D eigenvalue weighted by atomic mass is 16.5. The van der Waals surface area contributed by atoms with E-state index in [4.69, 9.17) is 15.6 Å². The number of anilines is 1. The quantitative estimate of drug-likeness (QED) is 0.590. The molecule has 7 heteroatoms. The number of primary amides is 1. The van der Waals surface area contributed by atoms with E-state index in [-0.39, 0.29) is 11.4 Å². The summed E-state index contributed by atoms with van der Waals surface area (Å²) in [4.78, 5) is 26.3. The van der Waals surface area contributed by atoms with E-state index in [9.17, 15) is 9.59 Å². The minimum Gasteiger partial charge on any atom is -0.480 e. The first-order valence-corrected chi connectivity index (χ1v) is 5.79. The van der Waals surface area contributed by atoms with Gasteiger partial charge in [-0.2, -0.15) is 0 Å². The van der Waals surface area contributed by atoms with Gasteiger partial charge in [0.25, 0.3) is 5.91 Å². The van der Waals surface area contributed by atoms with Crippen molar-refractivity contribution in [1.82, 2.24) is 4.98 Å². The molecule has 7 nitrogen and oxygen atoms in total. The highest BCUT2D eigenvalue weighted by Gasteiger charge is 2.19. The Labute approximate surface area is 110 Å². The van der Waals surface area contributed by atoms with Crippen molar-refractivity contribution in [3.8, 4) is 0 Å². The van der Waals surface area contributed by atoms with E-state index in [2.05, 4.69) is 10.3 Å². The second-order valence-electron chi connectivity index (χ2n) is 3.93. The number of carbonyl (C=O) groups is 2. The first-order chi connectivity index (χ1) is 9.06. The minimum atomic E-state index is -1.02. The van der Waals surface area contributed by atoms with Crippen molar-refractivity contribution >= 4 is 17.7 Å². The number of methoxy groups -OCH3 is 1. The number of nitrogens with zero attached hydrogens (tertiary/aromatic N) is 1. The molecule has 0 aliphatic carbocycles. The number of rotatable bonds is 8. The molecule has 1 aromatic rings. The lowest BCUT2D eigenvalue weighted by molar-refractivity contribution is -0.138. The molecule has 0 radical (unpaired) electrons. The third-order valence-electron chi connectivity index (χ3n) is 2.52. The summed E-state index contributed by atoms with van der Waals surface area (Å²) >= 11 is 0. The SMILES string of the molecule is COCCCC(Nc1ncccc1C(N)=O)C(=O)O. The van der Waals surface area contributed by atoms with Gasteiger partial charge in [0.05, 0.1) is 5.56 Å². The number of ether oxygens (including phenoxy) is 1. The Morgan fingerprint density at radius 3 is 2.89 bits per heavy atom. The van der Waals surface area contributed by atoms with Crippen LogP contribution in [0.3, 0.4) is 0 Å². The average molecular weight is 267 g/mol. The number of carbonyl (C=O) groups excluding carboxylic acids is 1. The normalized spacial score (nSPS) is 11.8. The molecule has 1 heterocycles. The third-order valence-corrected chi connectivity index (χ3v) is 2.52. The molecule has 104 valence electrons. The number of carboxylic acid groups (broad SMARTS) is 1. The zero-order valence-corrected chi connectivity index (χ0v) is 10.6. The van der Waals surface area contributed by atoms with Gasteiger partial charge >= 0.3 is 5.97 Å². The summed E-state index contributed by atoms with van der Waals surface area (Å²) in [5.41, 5.74) is 5.37. The first-order valence-electron chi connectivity index (χ1n) is 5.79. The maximum absolute atomic E-state index is 11.2. The molecule has 0 aliphatic rings. The summed E-state index contributed by atoms with van der Waals surface area (Å²) in [6.45, 7) is 0.469. The zero-order valence-electron chi connectivity index (χ0n) is 10.6. The van der Waals surface area contributed by atoms with Gasteiger partial charge in [0, 0.05) is 19.9 Å². The van der Waals surface area contributed by atoms with Gasteiger partial charge in [-0.25, -0.2) is 9.78 Å². The zero-order chi connectivity index (χ0) is 14.3. The van der Waals surface area contributed by atoms with Crippen molar-refractivity contribution in [3.63, 3.8) is 0 Å². The molecule has 0 bridgehead atoms. The summed E-state index contributed by atoms with van der Waals surface area (Å²) in [6.07, 6.45) is 2.40. The molecule has 1 rings (SSSR count). The van der Waals surface area contributed by atoms with E-state index >= 15 is 0 Å². The maximum atomic E-state index is 11.2. The van der Waals surface area contributed by atoms with E-state index in [0.29, 0.717) is 19.4 Å². The number of carboxylic acids is 1. The van der Waals surface area contributed by atoms with Crippen LogP contribution in [0.15, 0.2) is 18.3 Å². The van der Waals surface area contributed by atoms with Gasteiger partial charge in [-0.1, -0.05) is 0 Å². The van der Waals surface area contributed by atoms with Gasteiger partial charge in [-0.05, 0) is 25.0 Å². The van der Waals surface area contributed by atoms with Crippen LogP contribution in [-0.4, -0.2) is 41.7 Å². The predicted molar refractivity (Wildman–Crippen MR) is 68.9 cm³/mol. The topological polar surface area (TPSA) is 115 Å². The number of nitrogens with two attached hydrogens (primary N) is 1. The van der Waals surface area contributed by atoms with Crippen LogP contribution < -0.4 is 11.1 Å². The fraction of sp³-hybridized carbons (Fsp3) is 0.417. The Bertz CT molecular complexity index is 450. The number of nitrogens with one attached hydrogen (secondary N) is 1. The molecule has 0 saturated heterocycles. The van der Waals surface area contributed by atoms with Crippen LogP contribution in [0.1, 0.15) is 23.2 Å². The van der Waals surface area contributed by atoms with Crippen LogP contribution >= 0.6 is 0 Å². The Balaban J connectivity index is 2.79. The molecule has 19 heavy (non-hydrogen) atoms. The Hall–Kier alpha value is -2.15. The van der Waals surface area contributed by atoms with Crippen molar-refractivity contribution < 1.29 is 19.4 Å². The van der Waals surface area contributed by atoms with E-state index in [1.807, 2.05) is 0 Å². The van der Waals surface area contributed by atoms with E-state index < -0.39 is 17.9 Å². The van der Waals surface area contributed by atoms with Crippen molar-refractivity contribution in [2.45, 2.75) is 18.9 Å². The van der Waals surface area contributed by atoms with E-state index in [0.717, 1.165) is 0 Å². The highest BCUT2D eigenvalue weighted by Crippen LogP contribution is 2.14. The van der Waals surface area contributed by atoms with E-state index in [1.165, 1.54) is 12.3 Å². The maximum Gasteiger partial charge on any atom is 0.326 e. The van der Waals surface area contributed by atoms with Crippen LogP contribution in [0.25, 0.3) is 0 Å². The number of amides is 1. The van der Waals surface area contributed by atoms with Crippen molar-refractivity contribution in [2.24, 2.45) is 5.73 Å². The van der Waals surface area contributed by atoms with E-state index in [1.54, 1.807) is 13.2 Å². The molecular formula is C12H17N3O4. The molecule has 1 aromatic heterocycles. The smallest absolute Gasteiger partial charge is 0.326 e. The number of aliphatic carboxylic acids is 1. The number of hydrogen-bond acceptors (Lipinski definition) is 5. The summed E-state index contributed by atoms with van der Waals surface area (Å²) in [5.74, 6) is -1.49. The minimum absolute atomic E-state index is 0.167. The fourth-order valence-electron chi connectivity index (χ4n) is 1.57. The number of pyridine rings is 1. The van der Waals surface area contributed by atoms with Crippen molar-refractivity contribution in [3.05, 3.63) is 23.9 Å². The van der Waals surface area contributed by atoms with Gasteiger partial charge in [0.2, 0.25) is 0 Å². The summed E-state index contributed by atoms with van der Waals surface area (Å²) in [5, 5.41) is 11.8. The van der Waals surface area contributed by atoms with Crippen molar-refractivity contribution in [2.75, 3.05) is 19.0 Å². The molecule has 0 saturated carbocycles. The molecule has 1 unspecified atom stereocenters. The Kier molecular flexibility index (Phi) is 5.74. The van der Waals surface area contributed by atoms with Crippen LogP contribution in [0, 0.1) is 0 Å². The molecule has 1 atom stereocenters. The molecule has 1 amide bonds. The average Bonchev–Trinajstić information content (AvgIpc) is 2.38. The molecule has 0 spiro atoms. The Morgan fingerprint density at radius 2 is 2.32 bits per heavy atom. The van der Waals surface area contributed by atoms with Crippen LogP contribution in [0.4, 0.5) is 5.82 Å². The molecular weight excluding hydrogens is 250 g/mol. The molecule has 0 fully saturated rings. The van der Waals surface area contributed by atoms with Gasteiger partial charge in [-0.15, -0.1) is 0 Å². The van der Waals surface area contributed by atoms with Crippen LogP contribution in [-0.2, 0) is 9.53 Å². The predicted octanol–water partition coefficient (Wildman–Crippen LogP) is 0.472. The van der Waals surface area contributed by atoms with Crippen molar-refractivity contribution in [1.29, 1.82) is 0 Å². The lowest BCUT2D eigenvalue weighted by Gasteiger charge is -2.16. The van der Waals surface area contributed by atoms with Gasteiger partial charge in [0.15, 0.2) is 0 Å². The van der Waals surface area contributed by atoms with Gasteiger partial charge in [0.1, 0.15) is 11.9 Å². The highest BCUT2D eigenvalue weighted by molar-refractivity contribution is 5.98. The fourth-order valence-corrected chi connectivity index (χ4v) is 1.57. The largest absolute Gasteiger partial charge is 0.480 e. The standard InChI is InChI=1S/C12H17N3O4/c1-19-7-3-5-9(12(17)18)15-11-8(10(13)16)4-2-6-14-11/h2,4,6,9H,3,5,7H2,1H3,(H2,13,16)(H,14,15)(H,17,18). The monoisotopic (exact) mass is 267 g/mol. The summed E-state index contributed by atoms with van der Waals surface area (Å²) in [7, 11) is 1.55. The van der Waals surface area contributed by atoms with Gasteiger partial charge < -0.3 is 20.9 Å². The first kappa shape index (κ1) is 14.9. The second kappa shape index (κ2) is 7.32.